The Balaban J connectivity index is 1.77. The Labute approximate surface area is 193 Å². The SMILES string of the molecule is COc1ccc(OC)c(/C=N/NC(=O)CN(Cc2ccccc2)S(=O)(=O)c2ccccc2)c1. The maximum Gasteiger partial charge on any atom is 0.255 e. The summed E-state index contributed by atoms with van der Waals surface area (Å²) in [6, 6.07) is 22.2. The summed E-state index contributed by atoms with van der Waals surface area (Å²) in [7, 11) is -0.845. The Morgan fingerprint density at radius 1 is 0.970 bits per heavy atom. The van der Waals surface area contributed by atoms with Gasteiger partial charge in [0.1, 0.15) is 11.5 Å². The van der Waals surface area contributed by atoms with Crippen LogP contribution in [0.1, 0.15) is 11.1 Å². The average molecular weight is 468 g/mol. The highest BCUT2D eigenvalue weighted by Gasteiger charge is 2.26. The average Bonchev–Trinajstić information content (AvgIpc) is 2.84. The van der Waals surface area contributed by atoms with Crippen LogP contribution in [0.5, 0.6) is 11.5 Å². The van der Waals surface area contributed by atoms with E-state index >= 15 is 0 Å². The van der Waals surface area contributed by atoms with Crippen molar-refractivity contribution in [2.24, 2.45) is 5.10 Å². The van der Waals surface area contributed by atoms with Gasteiger partial charge in [-0.2, -0.15) is 9.41 Å². The van der Waals surface area contributed by atoms with Gasteiger partial charge in [-0.25, -0.2) is 13.8 Å². The number of methoxy groups -OCH3 is 2. The summed E-state index contributed by atoms with van der Waals surface area (Å²) in [5.41, 5.74) is 3.74. The summed E-state index contributed by atoms with van der Waals surface area (Å²) in [4.78, 5) is 12.7. The van der Waals surface area contributed by atoms with Crippen molar-refractivity contribution in [3.8, 4) is 11.5 Å². The second kappa shape index (κ2) is 11.3. The van der Waals surface area contributed by atoms with E-state index in [1.165, 1.54) is 25.5 Å². The Morgan fingerprint density at radius 2 is 1.64 bits per heavy atom. The summed E-state index contributed by atoms with van der Waals surface area (Å²) in [5.74, 6) is 0.571. The number of benzene rings is 3. The first kappa shape index (κ1) is 24.0. The summed E-state index contributed by atoms with van der Waals surface area (Å²) in [5, 5.41) is 3.96. The number of ether oxygens (including phenoxy) is 2. The Morgan fingerprint density at radius 3 is 2.27 bits per heavy atom. The monoisotopic (exact) mass is 467 g/mol. The third-order valence-electron chi connectivity index (χ3n) is 4.73. The third-order valence-corrected chi connectivity index (χ3v) is 6.54. The van der Waals surface area contributed by atoms with Gasteiger partial charge < -0.3 is 9.47 Å². The number of nitrogens with zero attached hydrogens (tertiary/aromatic N) is 2. The number of rotatable bonds is 10. The zero-order valence-electron chi connectivity index (χ0n) is 18.3. The Kier molecular flexibility index (Phi) is 8.17. The minimum atomic E-state index is -3.91. The van der Waals surface area contributed by atoms with Crippen molar-refractivity contribution in [1.29, 1.82) is 0 Å². The normalized spacial score (nSPS) is 11.5. The molecule has 0 bridgehead atoms. The van der Waals surface area contributed by atoms with Crippen molar-refractivity contribution >= 4 is 22.1 Å². The first-order valence-electron chi connectivity index (χ1n) is 10.1. The van der Waals surface area contributed by atoms with E-state index in [2.05, 4.69) is 10.5 Å². The van der Waals surface area contributed by atoms with Gasteiger partial charge >= 0.3 is 0 Å². The molecular weight excluding hydrogens is 442 g/mol. The molecule has 0 saturated heterocycles. The van der Waals surface area contributed by atoms with E-state index in [0.717, 1.165) is 9.87 Å². The highest BCUT2D eigenvalue weighted by molar-refractivity contribution is 7.89. The second-order valence-corrected chi connectivity index (χ2v) is 8.91. The van der Waals surface area contributed by atoms with Crippen LogP contribution in [0.25, 0.3) is 0 Å². The lowest BCUT2D eigenvalue weighted by Gasteiger charge is -2.21. The number of hydrazone groups is 1. The summed E-state index contributed by atoms with van der Waals surface area (Å²) in [6.45, 7) is -0.363. The standard InChI is InChI=1S/C24H25N3O5S/c1-31-21-13-14-23(32-2)20(15-21)16-25-26-24(28)18-27(17-19-9-5-3-6-10-19)33(29,30)22-11-7-4-8-12-22/h3-16H,17-18H2,1-2H3,(H,26,28)/b25-16+. The smallest absolute Gasteiger partial charge is 0.255 e. The highest BCUT2D eigenvalue weighted by atomic mass is 32.2. The predicted octanol–water partition coefficient (Wildman–Crippen LogP) is 3.05. The van der Waals surface area contributed by atoms with Gasteiger partial charge in [0.25, 0.3) is 5.91 Å². The van der Waals surface area contributed by atoms with Gasteiger partial charge in [-0.3, -0.25) is 4.79 Å². The van der Waals surface area contributed by atoms with Gasteiger partial charge in [0.15, 0.2) is 0 Å². The van der Waals surface area contributed by atoms with Crippen molar-refractivity contribution in [2.75, 3.05) is 20.8 Å². The number of hydrogen-bond donors (Lipinski definition) is 1. The molecule has 0 fully saturated rings. The summed E-state index contributed by atoms with van der Waals surface area (Å²) >= 11 is 0. The van der Waals surface area contributed by atoms with Crippen LogP contribution in [0.2, 0.25) is 0 Å². The molecular formula is C24H25N3O5S. The maximum atomic E-state index is 13.2. The molecule has 0 aromatic heterocycles. The van der Waals surface area contributed by atoms with Crippen LogP contribution >= 0.6 is 0 Å². The van der Waals surface area contributed by atoms with Gasteiger partial charge in [0, 0.05) is 12.1 Å². The Bertz CT molecular complexity index is 1200. The summed E-state index contributed by atoms with van der Waals surface area (Å²) in [6.07, 6.45) is 1.41. The molecule has 0 radical (unpaired) electrons. The fourth-order valence-corrected chi connectivity index (χ4v) is 4.47. The number of sulfonamides is 1. The fourth-order valence-electron chi connectivity index (χ4n) is 3.06. The summed E-state index contributed by atoms with van der Waals surface area (Å²) < 4.78 is 38.0. The molecule has 172 valence electrons. The van der Waals surface area contributed by atoms with E-state index < -0.39 is 22.5 Å². The number of carbonyl (C=O) groups is 1. The largest absolute Gasteiger partial charge is 0.497 e. The predicted molar refractivity (Wildman–Crippen MR) is 126 cm³/mol. The number of hydrogen-bond acceptors (Lipinski definition) is 6. The first-order chi connectivity index (χ1) is 15.9. The maximum absolute atomic E-state index is 13.2. The lowest BCUT2D eigenvalue weighted by molar-refractivity contribution is -0.121. The van der Waals surface area contributed by atoms with Crippen molar-refractivity contribution < 1.29 is 22.7 Å². The van der Waals surface area contributed by atoms with Crippen LogP contribution in [0, 0.1) is 0 Å². The van der Waals surface area contributed by atoms with E-state index in [1.54, 1.807) is 55.6 Å². The molecule has 0 aliphatic heterocycles. The molecule has 3 aromatic rings. The molecule has 1 amide bonds. The third kappa shape index (κ3) is 6.41. The zero-order valence-corrected chi connectivity index (χ0v) is 19.2. The minimum Gasteiger partial charge on any atom is -0.497 e. The molecule has 0 atom stereocenters. The molecule has 0 saturated carbocycles. The van der Waals surface area contributed by atoms with Crippen molar-refractivity contribution in [1.82, 2.24) is 9.73 Å². The van der Waals surface area contributed by atoms with Gasteiger partial charge in [0.2, 0.25) is 10.0 Å². The molecule has 0 aliphatic carbocycles. The van der Waals surface area contributed by atoms with Gasteiger partial charge in [-0.1, -0.05) is 48.5 Å². The Hall–Kier alpha value is -3.69. The van der Waals surface area contributed by atoms with E-state index in [4.69, 9.17) is 9.47 Å². The minimum absolute atomic E-state index is 0.0406. The molecule has 0 unspecified atom stereocenters. The van der Waals surface area contributed by atoms with Crippen molar-refractivity contribution in [3.05, 3.63) is 90.0 Å². The van der Waals surface area contributed by atoms with Crippen LogP contribution in [-0.2, 0) is 21.4 Å². The van der Waals surface area contributed by atoms with E-state index in [9.17, 15) is 13.2 Å². The van der Waals surface area contributed by atoms with E-state index in [1.807, 2.05) is 18.2 Å². The van der Waals surface area contributed by atoms with E-state index in [-0.39, 0.29) is 11.4 Å². The number of amides is 1. The van der Waals surface area contributed by atoms with Gasteiger partial charge in [0.05, 0.1) is 31.9 Å². The van der Waals surface area contributed by atoms with Crippen molar-refractivity contribution in [2.45, 2.75) is 11.4 Å². The number of carbonyl (C=O) groups excluding carboxylic acids is 1. The van der Waals surface area contributed by atoms with Crippen LogP contribution in [-0.4, -0.2) is 45.6 Å². The zero-order chi connectivity index (χ0) is 23.7. The molecule has 33 heavy (non-hydrogen) atoms. The molecule has 0 heterocycles. The lowest BCUT2D eigenvalue weighted by atomic mass is 10.2. The van der Waals surface area contributed by atoms with Gasteiger partial charge in [-0.05, 0) is 35.9 Å². The molecule has 8 nitrogen and oxygen atoms in total. The molecule has 9 heteroatoms. The second-order valence-electron chi connectivity index (χ2n) is 6.97. The van der Waals surface area contributed by atoms with Crippen LogP contribution < -0.4 is 14.9 Å². The van der Waals surface area contributed by atoms with Crippen LogP contribution in [0.3, 0.4) is 0 Å². The van der Waals surface area contributed by atoms with E-state index in [0.29, 0.717) is 17.1 Å². The molecule has 0 aliphatic rings. The van der Waals surface area contributed by atoms with Gasteiger partial charge in [-0.15, -0.1) is 0 Å². The first-order valence-corrected chi connectivity index (χ1v) is 11.5. The lowest BCUT2D eigenvalue weighted by Crippen LogP contribution is -2.39. The van der Waals surface area contributed by atoms with Crippen LogP contribution in [0.4, 0.5) is 0 Å². The molecule has 0 spiro atoms. The fraction of sp³-hybridized carbons (Fsp3) is 0.167. The topological polar surface area (TPSA) is 97.3 Å². The number of nitrogens with one attached hydrogen (secondary N) is 1. The molecule has 3 rings (SSSR count). The van der Waals surface area contributed by atoms with Crippen molar-refractivity contribution in [3.63, 3.8) is 0 Å². The van der Waals surface area contributed by atoms with Crippen LogP contribution in [0.15, 0.2) is 88.9 Å². The molecule has 3 aromatic carbocycles. The quantitative estimate of drug-likeness (QED) is 0.365. The highest BCUT2D eigenvalue weighted by Crippen LogP contribution is 2.22. The molecule has 1 N–H and O–H groups in total.